The van der Waals surface area contributed by atoms with Crippen molar-refractivity contribution in [2.45, 2.75) is 57.5 Å². The average Bonchev–Trinajstić information content (AvgIpc) is 3.23. The van der Waals surface area contributed by atoms with Gasteiger partial charge in [-0.15, -0.1) is 0 Å². The van der Waals surface area contributed by atoms with Gasteiger partial charge in [-0.25, -0.2) is 0 Å². The van der Waals surface area contributed by atoms with E-state index < -0.39 is 0 Å². The molecule has 0 bridgehead atoms. The van der Waals surface area contributed by atoms with Crippen molar-refractivity contribution in [3.8, 4) is 5.75 Å². The molecule has 3 rings (SSSR count). The van der Waals surface area contributed by atoms with Crippen LogP contribution in [0, 0.1) is 0 Å². The number of carbonyl (C=O) groups is 1. The van der Waals surface area contributed by atoms with E-state index in [2.05, 4.69) is 0 Å². The molecule has 0 aromatic heterocycles. The maximum atomic E-state index is 11.3. The molecule has 2 nitrogen and oxygen atoms in total. The van der Waals surface area contributed by atoms with Crippen molar-refractivity contribution in [2.24, 2.45) is 0 Å². The van der Waals surface area contributed by atoms with Crippen LogP contribution in [0.4, 0.5) is 0 Å². The van der Waals surface area contributed by atoms with Crippen LogP contribution in [0.25, 0.3) is 0 Å². The molecule has 2 saturated carbocycles. The van der Waals surface area contributed by atoms with Gasteiger partial charge in [-0.1, -0.05) is 11.6 Å². The Morgan fingerprint density at radius 1 is 1.26 bits per heavy atom. The molecule has 0 saturated heterocycles. The first-order chi connectivity index (χ1) is 9.11. The van der Waals surface area contributed by atoms with Gasteiger partial charge in [-0.2, -0.15) is 0 Å². The molecule has 1 aromatic rings. The molecule has 19 heavy (non-hydrogen) atoms. The van der Waals surface area contributed by atoms with Crippen LogP contribution in [-0.2, 0) is 0 Å². The lowest BCUT2D eigenvalue weighted by molar-refractivity contribution is 0.111. The fraction of sp³-hybridized carbons (Fsp3) is 0.562. The van der Waals surface area contributed by atoms with Gasteiger partial charge in [0.2, 0.25) is 0 Å². The van der Waals surface area contributed by atoms with Crippen molar-refractivity contribution in [3.63, 3.8) is 0 Å². The summed E-state index contributed by atoms with van der Waals surface area (Å²) in [4.78, 5) is 11.3. The Labute approximate surface area is 119 Å². The summed E-state index contributed by atoms with van der Waals surface area (Å²) in [5.41, 5.74) is 3.15. The zero-order valence-electron chi connectivity index (χ0n) is 11.4. The second-order valence-electron chi connectivity index (χ2n) is 5.94. The van der Waals surface area contributed by atoms with Crippen molar-refractivity contribution in [2.75, 3.05) is 0 Å². The molecule has 0 unspecified atom stereocenters. The van der Waals surface area contributed by atoms with Crippen molar-refractivity contribution < 1.29 is 9.53 Å². The zero-order valence-corrected chi connectivity index (χ0v) is 12.2. The monoisotopic (exact) mass is 278 g/mol. The molecule has 0 atom stereocenters. The quantitative estimate of drug-likeness (QED) is 0.730. The molecule has 2 aliphatic rings. The van der Waals surface area contributed by atoms with E-state index in [1.165, 1.54) is 36.8 Å². The minimum Gasteiger partial charge on any atom is -0.489 e. The Hall–Kier alpha value is -1.02. The molecule has 1 aromatic carbocycles. The van der Waals surface area contributed by atoms with Crippen LogP contribution in [0.3, 0.4) is 0 Å². The molecule has 0 radical (unpaired) electrons. The first-order valence-corrected chi connectivity index (χ1v) is 7.47. The predicted molar refractivity (Wildman–Crippen MR) is 76.6 cm³/mol. The lowest BCUT2D eigenvalue weighted by Crippen LogP contribution is -2.09. The van der Waals surface area contributed by atoms with Crippen LogP contribution in [0.1, 0.15) is 72.9 Å². The highest BCUT2D eigenvalue weighted by Gasteiger charge is 2.36. The van der Waals surface area contributed by atoms with E-state index in [0.717, 1.165) is 6.29 Å². The molecule has 0 N–H and O–H groups in total. The van der Waals surface area contributed by atoms with Gasteiger partial charge < -0.3 is 4.74 Å². The van der Waals surface area contributed by atoms with E-state index in [0.29, 0.717) is 28.2 Å². The summed E-state index contributed by atoms with van der Waals surface area (Å²) < 4.78 is 5.78. The zero-order chi connectivity index (χ0) is 13.6. The van der Waals surface area contributed by atoms with E-state index >= 15 is 0 Å². The summed E-state index contributed by atoms with van der Waals surface area (Å²) >= 11 is 6.56. The lowest BCUT2D eigenvalue weighted by atomic mass is 9.96. The Morgan fingerprint density at radius 2 is 1.89 bits per heavy atom. The largest absolute Gasteiger partial charge is 0.489 e. The number of carbonyl (C=O) groups excluding carboxylic acids is 1. The van der Waals surface area contributed by atoms with Crippen LogP contribution in [0.15, 0.2) is 6.07 Å². The van der Waals surface area contributed by atoms with Crippen LogP contribution in [-0.4, -0.2) is 12.4 Å². The first kappa shape index (κ1) is 13.0. The standard InChI is InChI=1S/C16H19ClO2/c1-9(2)19-16-12(8-18)7-13(10-3-4-10)14(15(16)17)11-5-6-11/h7-11H,3-6H2,1-2H3. The van der Waals surface area contributed by atoms with E-state index in [1.54, 1.807) is 0 Å². The number of rotatable bonds is 5. The summed E-state index contributed by atoms with van der Waals surface area (Å²) in [6.07, 6.45) is 5.75. The highest BCUT2D eigenvalue weighted by Crippen LogP contribution is 2.54. The summed E-state index contributed by atoms with van der Waals surface area (Å²) in [7, 11) is 0. The first-order valence-electron chi connectivity index (χ1n) is 7.10. The average molecular weight is 279 g/mol. The molecule has 0 heterocycles. The molecule has 102 valence electrons. The Bertz CT molecular complexity index is 514. The van der Waals surface area contributed by atoms with Crippen molar-refractivity contribution in [3.05, 3.63) is 27.8 Å². The second-order valence-corrected chi connectivity index (χ2v) is 6.32. The summed E-state index contributed by atoms with van der Waals surface area (Å²) in [5, 5.41) is 0.683. The lowest BCUT2D eigenvalue weighted by Gasteiger charge is -2.19. The Kier molecular flexibility index (Phi) is 3.30. The van der Waals surface area contributed by atoms with Gasteiger partial charge >= 0.3 is 0 Å². The third-order valence-corrected chi connectivity index (χ3v) is 4.18. The molecular weight excluding hydrogens is 260 g/mol. The normalized spacial score (nSPS) is 18.7. The second kappa shape index (κ2) is 4.82. The number of hydrogen-bond acceptors (Lipinski definition) is 2. The number of halogens is 1. The molecule has 3 heteroatoms. The van der Waals surface area contributed by atoms with Gasteiger partial charge in [0.1, 0.15) is 5.75 Å². The fourth-order valence-electron chi connectivity index (χ4n) is 2.65. The maximum Gasteiger partial charge on any atom is 0.153 e. The summed E-state index contributed by atoms with van der Waals surface area (Å²) in [6.45, 7) is 3.91. The van der Waals surface area contributed by atoms with Gasteiger partial charge in [0.05, 0.1) is 16.7 Å². The smallest absolute Gasteiger partial charge is 0.153 e. The van der Waals surface area contributed by atoms with Gasteiger partial charge in [-0.3, -0.25) is 4.79 Å². The fourth-order valence-corrected chi connectivity index (χ4v) is 3.07. The van der Waals surface area contributed by atoms with Crippen molar-refractivity contribution in [1.29, 1.82) is 0 Å². The van der Waals surface area contributed by atoms with E-state index in [-0.39, 0.29) is 6.10 Å². The Morgan fingerprint density at radius 3 is 2.37 bits per heavy atom. The van der Waals surface area contributed by atoms with Gasteiger partial charge in [0, 0.05) is 0 Å². The van der Waals surface area contributed by atoms with Crippen LogP contribution >= 0.6 is 11.6 Å². The van der Waals surface area contributed by atoms with Crippen LogP contribution in [0.2, 0.25) is 5.02 Å². The third-order valence-electron chi connectivity index (χ3n) is 3.80. The SMILES string of the molecule is CC(C)Oc1c(C=O)cc(C2CC2)c(C2CC2)c1Cl. The number of aldehydes is 1. The van der Waals surface area contributed by atoms with Crippen molar-refractivity contribution >= 4 is 17.9 Å². The van der Waals surface area contributed by atoms with Crippen molar-refractivity contribution in [1.82, 2.24) is 0 Å². The molecule has 2 aliphatic carbocycles. The Balaban J connectivity index is 2.12. The molecule has 0 aliphatic heterocycles. The van der Waals surface area contributed by atoms with Gasteiger partial charge in [0.25, 0.3) is 0 Å². The van der Waals surface area contributed by atoms with Crippen LogP contribution < -0.4 is 4.74 Å². The molecule has 0 spiro atoms. The van der Waals surface area contributed by atoms with E-state index in [9.17, 15) is 4.79 Å². The number of benzene rings is 1. The molecule has 0 amide bonds. The predicted octanol–water partition coefficient (Wildman–Crippen LogP) is 4.69. The third kappa shape index (κ3) is 2.51. The number of hydrogen-bond donors (Lipinski definition) is 0. The highest BCUT2D eigenvalue weighted by molar-refractivity contribution is 6.33. The minimum absolute atomic E-state index is 0.0232. The van der Waals surface area contributed by atoms with E-state index in [4.69, 9.17) is 16.3 Å². The van der Waals surface area contributed by atoms with Crippen LogP contribution in [0.5, 0.6) is 5.75 Å². The minimum atomic E-state index is 0.0232. The topological polar surface area (TPSA) is 26.3 Å². The molecule has 2 fully saturated rings. The number of ether oxygens (including phenoxy) is 1. The summed E-state index contributed by atoms with van der Waals surface area (Å²) in [6, 6.07) is 2.02. The maximum absolute atomic E-state index is 11.3. The van der Waals surface area contributed by atoms with E-state index in [1.807, 2.05) is 19.9 Å². The molecular formula is C16H19ClO2. The van der Waals surface area contributed by atoms with Gasteiger partial charge in [0.15, 0.2) is 6.29 Å². The highest BCUT2D eigenvalue weighted by atomic mass is 35.5. The summed E-state index contributed by atoms with van der Waals surface area (Å²) in [5.74, 6) is 1.77. The van der Waals surface area contributed by atoms with Gasteiger partial charge in [-0.05, 0) is 68.6 Å².